The minimum atomic E-state index is -0.442. The second-order valence-electron chi connectivity index (χ2n) is 8.87. The van der Waals surface area contributed by atoms with Gasteiger partial charge in [0.05, 0.1) is 21.8 Å². The van der Waals surface area contributed by atoms with E-state index in [1.165, 1.54) is 17.3 Å². The summed E-state index contributed by atoms with van der Waals surface area (Å²) < 4.78 is 3.48. The Morgan fingerprint density at radius 3 is 2.53 bits per heavy atom. The number of anilines is 1. The van der Waals surface area contributed by atoms with E-state index in [0.29, 0.717) is 21.8 Å². The van der Waals surface area contributed by atoms with Crippen LogP contribution >= 0.6 is 11.8 Å². The van der Waals surface area contributed by atoms with Crippen molar-refractivity contribution >= 4 is 40.0 Å². The number of hydrogen-bond acceptors (Lipinski definition) is 5. The number of rotatable bonds is 6. The van der Waals surface area contributed by atoms with Crippen molar-refractivity contribution in [2.45, 2.75) is 44.5 Å². The number of nitrogens with one attached hydrogen (secondary N) is 1. The molecule has 7 nitrogen and oxygen atoms in total. The first-order valence-corrected chi connectivity index (χ1v) is 12.8. The Balaban J connectivity index is 1.57. The standard InChI is InChI=1S/C28H27N5O2S/c1-5-20-12-14-21(15-13-20)29-25(34)19(4)36-28-31-30-27-32(24-16-17(2)10-11-18(24)3)26(35)22-8-6-7-9-23(22)33(27)28/h6-16,19H,5H2,1-4H3,(H,29,34). The first kappa shape index (κ1) is 23.8. The number of thioether (sulfide) groups is 1. The van der Waals surface area contributed by atoms with Crippen LogP contribution in [0.25, 0.3) is 22.4 Å². The zero-order valence-electron chi connectivity index (χ0n) is 20.6. The number of amides is 1. The van der Waals surface area contributed by atoms with Crippen molar-refractivity contribution in [3.8, 4) is 5.69 Å². The number of para-hydroxylation sites is 1. The molecule has 1 unspecified atom stereocenters. The molecule has 0 radical (unpaired) electrons. The number of fused-ring (bicyclic) bond motifs is 3. The van der Waals surface area contributed by atoms with Crippen LogP contribution in [0.1, 0.15) is 30.5 Å². The Bertz CT molecular complexity index is 1650. The summed E-state index contributed by atoms with van der Waals surface area (Å²) in [4.78, 5) is 26.6. The molecule has 2 aromatic heterocycles. The SMILES string of the molecule is CCc1ccc(NC(=O)C(C)Sc2nnc3n(-c4cc(C)ccc4C)c(=O)c4ccccc4n23)cc1. The van der Waals surface area contributed by atoms with Gasteiger partial charge in [-0.3, -0.25) is 14.0 Å². The highest BCUT2D eigenvalue weighted by Gasteiger charge is 2.22. The fraction of sp³-hybridized carbons (Fsp3) is 0.214. The van der Waals surface area contributed by atoms with Gasteiger partial charge in [-0.2, -0.15) is 0 Å². The highest BCUT2D eigenvalue weighted by atomic mass is 32.2. The zero-order valence-corrected chi connectivity index (χ0v) is 21.5. The molecule has 5 aromatic rings. The van der Waals surface area contributed by atoms with Crippen LogP contribution < -0.4 is 10.9 Å². The van der Waals surface area contributed by atoms with Gasteiger partial charge in [0.25, 0.3) is 5.56 Å². The van der Waals surface area contributed by atoms with Gasteiger partial charge in [-0.05, 0) is 74.2 Å². The molecule has 0 aliphatic carbocycles. The number of hydrogen-bond donors (Lipinski definition) is 1. The molecule has 1 atom stereocenters. The highest BCUT2D eigenvalue weighted by Crippen LogP contribution is 2.27. The van der Waals surface area contributed by atoms with E-state index in [1.807, 2.05) is 91.9 Å². The molecule has 0 aliphatic heterocycles. The molecule has 0 aliphatic rings. The van der Waals surface area contributed by atoms with E-state index in [9.17, 15) is 9.59 Å². The Morgan fingerprint density at radius 2 is 1.78 bits per heavy atom. The minimum absolute atomic E-state index is 0.131. The molecular formula is C28H27N5O2S. The summed E-state index contributed by atoms with van der Waals surface area (Å²) in [6, 6.07) is 21.3. The predicted molar refractivity (Wildman–Crippen MR) is 145 cm³/mol. The molecule has 182 valence electrons. The molecule has 0 spiro atoms. The fourth-order valence-electron chi connectivity index (χ4n) is 4.21. The summed E-state index contributed by atoms with van der Waals surface area (Å²) in [6.07, 6.45) is 0.946. The molecule has 36 heavy (non-hydrogen) atoms. The third kappa shape index (κ3) is 4.28. The zero-order chi connectivity index (χ0) is 25.4. The van der Waals surface area contributed by atoms with Gasteiger partial charge in [0.2, 0.25) is 11.7 Å². The summed E-state index contributed by atoms with van der Waals surface area (Å²) in [5, 5.41) is 12.5. The van der Waals surface area contributed by atoms with E-state index >= 15 is 0 Å². The molecule has 2 heterocycles. The predicted octanol–water partition coefficient (Wildman–Crippen LogP) is 5.33. The second-order valence-corrected chi connectivity index (χ2v) is 10.2. The summed E-state index contributed by atoms with van der Waals surface area (Å²) in [7, 11) is 0. The first-order valence-electron chi connectivity index (χ1n) is 11.9. The topological polar surface area (TPSA) is 81.3 Å². The van der Waals surface area contributed by atoms with Crippen LogP contribution in [-0.4, -0.2) is 30.3 Å². The van der Waals surface area contributed by atoms with Crippen molar-refractivity contribution in [3.63, 3.8) is 0 Å². The lowest BCUT2D eigenvalue weighted by molar-refractivity contribution is -0.115. The fourth-order valence-corrected chi connectivity index (χ4v) is 5.07. The largest absolute Gasteiger partial charge is 0.325 e. The van der Waals surface area contributed by atoms with Gasteiger partial charge in [0.15, 0.2) is 5.16 Å². The average molecular weight is 498 g/mol. The Hall–Kier alpha value is -3.91. The van der Waals surface area contributed by atoms with E-state index in [1.54, 1.807) is 4.57 Å². The number of aromatic nitrogens is 4. The summed E-state index contributed by atoms with van der Waals surface area (Å²) in [6.45, 7) is 7.90. The molecule has 0 saturated heterocycles. The van der Waals surface area contributed by atoms with E-state index in [-0.39, 0.29) is 11.5 Å². The molecule has 0 saturated carbocycles. The Morgan fingerprint density at radius 1 is 1.03 bits per heavy atom. The molecular weight excluding hydrogens is 470 g/mol. The number of benzene rings is 3. The molecule has 1 amide bonds. The first-order chi connectivity index (χ1) is 17.4. The molecule has 1 N–H and O–H groups in total. The van der Waals surface area contributed by atoms with Crippen molar-refractivity contribution < 1.29 is 4.79 Å². The van der Waals surface area contributed by atoms with Crippen LogP contribution in [0.3, 0.4) is 0 Å². The second kappa shape index (κ2) is 9.62. The van der Waals surface area contributed by atoms with Crippen molar-refractivity contribution in [2.75, 3.05) is 5.32 Å². The molecule has 8 heteroatoms. The number of carbonyl (C=O) groups excluding carboxylic acids is 1. The molecule has 5 rings (SSSR count). The highest BCUT2D eigenvalue weighted by molar-refractivity contribution is 8.00. The van der Waals surface area contributed by atoms with Crippen molar-refractivity contribution in [3.05, 3.63) is 93.8 Å². The van der Waals surface area contributed by atoms with Gasteiger partial charge < -0.3 is 5.32 Å². The quantitative estimate of drug-likeness (QED) is 0.321. The van der Waals surface area contributed by atoms with Crippen LogP contribution in [0.15, 0.2) is 76.7 Å². The van der Waals surface area contributed by atoms with Gasteiger partial charge in [0.1, 0.15) is 0 Å². The van der Waals surface area contributed by atoms with E-state index in [2.05, 4.69) is 22.4 Å². The van der Waals surface area contributed by atoms with E-state index in [0.717, 1.165) is 28.9 Å². The third-order valence-electron chi connectivity index (χ3n) is 6.28. The van der Waals surface area contributed by atoms with Crippen LogP contribution in [-0.2, 0) is 11.2 Å². The van der Waals surface area contributed by atoms with Gasteiger partial charge in [-0.15, -0.1) is 10.2 Å². The lowest BCUT2D eigenvalue weighted by Gasteiger charge is -2.15. The van der Waals surface area contributed by atoms with Crippen LogP contribution in [0.5, 0.6) is 0 Å². The van der Waals surface area contributed by atoms with E-state index in [4.69, 9.17) is 0 Å². The van der Waals surface area contributed by atoms with E-state index < -0.39 is 5.25 Å². The summed E-state index contributed by atoms with van der Waals surface area (Å²) in [5.41, 5.74) is 5.28. The Labute approximate surface area is 213 Å². The van der Waals surface area contributed by atoms with Crippen LogP contribution in [0.2, 0.25) is 0 Å². The average Bonchev–Trinajstić information content (AvgIpc) is 3.29. The Kier molecular flexibility index (Phi) is 6.36. The number of nitrogens with zero attached hydrogens (tertiary/aromatic N) is 4. The summed E-state index contributed by atoms with van der Waals surface area (Å²) >= 11 is 1.31. The van der Waals surface area contributed by atoms with Gasteiger partial charge >= 0.3 is 0 Å². The molecule has 0 fully saturated rings. The monoisotopic (exact) mass is 497 g/mol. The number of aryl methyl sites for hydroxylation is 3. The van der Waals surface area contributed by atoms with Gasteiger partial charge in [-0.25, -0.2) is 4.57 Å². The van der Waals surface area contributed by atoms with Crippen molar-refractivity contribution in [1.82, 2.24) is 19.2 Å². The smallest absolute Gasteiger partial charge is 0.267 e. The minimum Gasteiger partial charge on any atom is -0.325 e. The number of carbonyl (C=O) groups is 1. The maximum atomic E-state index is 13.6. The van der Waals surface area contributed by atoms with Crippen LogP contribution in [0.4, 0.5) is 5.69 Å². The lowest BCUT2D eigenvalue weighted by Crippen LogP contribution is -2.24. The maximum Gasteiger partial charge on any atom is 0.267 e. The normalized spacial score (nSPS) is 12.2. The molecule has 3 aromatic carbocycles. The third-order valence-corrected chi connectivity index (χ3v) is 7.32. The van der Waals surface area contributed by atoms with Crippen molar-refractivity contribution in [2.24, 2.45) is 0 Å². The lowest BCUT2D eigenvalue weighted by atomic mass is 10.1. The van der Waals surface area contributed by atoms with Gasteiger partial charge in [-0.1, -0.05) is 55.1 Å². The summed E-state index contributed by atoms with van der Waals surface area (Å²) in [5.74, 6) is 0.283. The maximum absolute atomic E-state index is 13.6. The van der Waals surface area contributed by atoms with Crippen molar-refractivity contribution in [1.29, 1.82) is 0 Å². The molecule has 0 bridgehead atoms. The van der Waals surface area contributed by atoms with Gasteiger partial charge in [0, 0.05) is 5.69 Å². The van der Waals surface area contributed by atoms with Crippen LogP contribution in [0, 0.1) is 13.8 Å².